The number of hydrogen-bond donors (Lipinski definition) is 1. The Labute approximate surface area is 213 Å². The van der Waals surface area contributed by atoms with Crippen molar-refractivity contribution in [1.29, 1.82) is 0 Å². The number of para-hydroxylation sites is 1. The number of halogens is 2. The van der Waals surface area contributed by atoms with Crippen molar-refractivity contribution in [3.63, 3.8) is 0 Å². The number of nitrogens with one attached hydrogen (secondary N) is 1. The van der Waals surface area contributed by atoms with E-state index in [1.807, 2.05) is 60.7 Å². The van der Waals surface area contributed by atoms with E-state index in [9.17, 15) is 9.36 Å². The van der Waals surface area contributed by atoms with Crippen LogP contribution in [0.1, 0.15) is 12.5 Å². The lowest BCUT2D eigenvalue weighted by Crippen LogP contribution is -2.35. The van der Waals surface area contributed by atoms with Gasteiger partial charge in [-0.15, -0.1) is 0 Å². The molecule has 1 unspecified atom stereocenters. The molecule has 0 aliphatic carbocycles. The molecule has 35 heavy (non-hydrogen) atoms. The van der Waals surface area contributed by atoms with E-state index in [-0.39, 0.29) is 22.4 Å². The van der Waals surface area contributed by atoms with Crippen molar-refractivity contribution < 1.29 is 23.1 Å². The Morgan fingerprint density at radius 1 is 0.857 bits per heavy atom. The van der Waals surface area contributed by atoms with E-state index in [2.05, 4.69) is 5.09 Å². The number of hydrogen-bond acceptors (Lipinski definition) is 5. The van der Waals surface area contributed by atoms with E-state index in [1.165, 1.54) is 6.92 Å². The minimum absolute atomic E-state index is 0.0308. The second kappa shape index (κ2) is 11.1. The lowest BCUT2D eigenvalue weighted by molar-refractivity contribution is -0.146. The first-order chi connectivity index (χ1) is 16.8. The monoisotopic (exact) mass is 529 g/mol. The van der Waals surface area contributed by atoms with Gasteiger partial charge in [0.2, 0.25) is 0 Å². The zero-order valence-electron chi connectivity index (χ0n) is 18.7. The van der Waals surface area contributed by atoms with Crippen LogP contribution < -0.4 is 14.1 Å². The van der Waals surface area contributed by atoms with Crippen molar-refractivity contribution in [2.45, 2.75) is 19.6 Å². The van der Waals surface area contributed by atoms with Crippen molar-refractivity contribution in [3.05, 3.63) is 107 Å². The number of benzene rings is 4. The summed E-state index contributed by atoms with van der Waals surface area (Å²) < 4.78 is 31.0. The van der Waals surface area contributed by atoms with Gasteiger partial charge in [-0.1, -0.05) is 96.0 Å². The molecule has 0 aromatic heterocycles. The van der Waals surface area contributed by atoms with Crippen LogP contribution >= 0.6 is 30.9 Å². The quantitative estimate of drug-likeness (QED) is 0.179. The summed E-state index contributed by atoms with van der Waals surface area (Å²) in [6.07, 6.45) is 0. The van der Waals surface area contributed by atoms with Gasteiger partial charge in [0.15, 0.2) is 5.75 Å². The molecule has 0 bridgehead atoms. The Kier molecular flexibility index (Phi) is 7.99. The maximum Gasteiger partial charge on any atom is 0.513 e. The highest BCUT2D eigenvalue weighted by molar-refractivity contribution is 7.52. The molecule has 0 fully saturated rings. The molecule has 180 valence electrons. The fourth-order valence-electron chi connectivity index (χ4n) is 3.31. The molecular formula is C26H22Cl2NO5P. The fourth-order valence-corrected chi connectivity index (χ4v) is 5.47. The van der Waals surface area contributed by atoms with Gasteiger partial charge >= 0.3 is 13.7 Å². The molecule has 6 nitrogen and oxygen atoms in total. The fraction of sp³-hybridized carbons (Fsp3) is 0.115. The highest BCUT2D eigenvalue weighted by Gasteiger charge is 2.35. The summed E-state index contributed by atoms with van der Waals surface area (Å²) >= 11 is 12.5. The summed E-state index contributed by atoms with van der Waals surface area (Å²) in [5, 5.41) is 4.53. The Hall–Kier alpha value is -3.02. The Bertz CT molecular complexity index is 1360. The lowest BCUT2D eigenvalue weighted by atomic mass is 10.1. The highest BCUT2D eigenvalue weighted by atomic mass is 35.5. The lowest BCUT2D eigenvalue weighted by Gasteiger charge is -2.24. The van der Waals surface area contributed by atoms with Crippen LogP contribution in [0.3, 0.4) is 0 Å². The second-order valence-electron chi connectivity index (χ2n) is 7.65. The van der Waals surface area contributed by atoms with E-state index < -0.39 is 19.8 Å². The Morgan fingerprint density at radius 3 is 2.23 bits per heavy atom. The third kappa shape index (κ3) is 6.36. The topological polar surface area (TPSA) is 73.9 Å². The van der Waals surface area contributed by atoms with Gasteiger partial charge in [0.05, 0.1) is 10.0 Å². The van der Waals surface area contributed by atoms with Crippen molar-refractivity contribution >= 4 is 47.7 Å². The van der Waals surface area contributed by atoms with Gasteiger partial charge < -0.3 is 13.8 Å². The largest absolute Gasteiger partial charge is 0.513 e. The van der Waals surface area contributed by atoms with Crippen LogP contribution in [-0.4, -0.2) is 12.0 Å². The minimum Gasteiger partial charge on any atom is -0.460 e. The maximum absolute atomic E-state index is 14.0. The van der Waals surface area contributed by atoms with Gasteiger partial charge in [-0.2, -0.15) is 5.09 Å². The van der Waals surface area contributed by atoms with Gasteiger partial charge in [-0.3, -0.25) is 4.79 Å². The number of ether oxygens (including phenoxy) is 1. The van der Waals surface area contributed by atoms with E-state index >= 15 is 0 Å². The molecule has 9 heteroatoms. The Morgan fingerprint density at radius 2 is 1.49 bits per heavy atom. The van der Waals surface area contributed by atoms with Gasteiger partial charge in [0, 0.05) is 5.39 Å². The second-order valence-corrected chi connectivity index (χ2v) is 10.1. The van der Waals surface area contributed by atoms with Crippen LogP contribution in [0.5, 0.6) is 11.5 Å². The zero-order chi connectivity index (χ0) is 24.8. The molecule has 4 aromatic rings. The molecule has 0 amide bonds. The third-order valence-electron chi connectivity index (χ3n) is 5.03. The van der Waals surface area contributed by atoms with Gasteiger partial charge in [0.25, 0.3) is 0 Å². The molecular weight excluding hydrogens is 508 g/mol. The maximum atomic E-state index is 14.0. The Balaban J connectivity index is 1.60. The highest BCUT2D eigenvalue weighted by Crippen LogP contribution is 2.50. The number of fused-ring (bicyclic) bond motifs is 1. The van der Waals surface area contributed by atoms with Crippen LogP contribution in [-0.2, 0) is 20.7 Å². The molecule has 0 spiro atoms. The summed E-state index contributed by atoms with van der Waals surface area (Å²) in [7, 11) is -4.25. The van der Waals surface area contributed by atoms with Gasteiger partial charge in [-0.05, 0) is 36.1 Å². The van der Waals surface area contributed by atoms with Crippen LogP contribution in [0.15, 0.2) is 91.0 Å². The molecule has 2 atom stereocenters. The van der Waals surface area contributed by atoms with Crippen molar-refractivity contribution in [2.24, 2.45) is 0 Å². The predicted molar refractivity (Wildman–Crippen MR) is 138 cm³/mol. The minimum atomic E-state index is -4.25. The molecule has 4 aromatic carbocycles. The van der Waals surface area contributed by atoms with Gasteiger partial charge in [-0.25, -0.2) is 4.57 Å². The van der Waals surface area contributed by atoms with Crippen molar-refractivity contribution in [1.82, 2.24) is 5.09 Å². The van der Waals surface area contributed by atoms with Crippen LogP contribution in [0.2, 0.25) is 10.0 Å². The normalized spacial score (nSPS) is 13.6. The number of rotatable bonds is 9. The average molecular weight is 530 g/mol. The first-order valence-corrected chi connectivity index (χ1v) is 13.0. The van der Waals surface area contributed by atoms with Crippen LogP contribution in [0, 0.1) is 0 Å². The molecule has 4 rings (SSSR count). The molecule has 0 aliphatic rings. The summed E-state index contributed by atoms with van der Waals surface area (Å²) in [5.41, 5.74) is 0.822. The van der Waals surface area contributed by atoms with Crippen LogP contribution in [0.25, 0.3) is 10.8 Å². The van der Waals surface area contributed by atoms with E-state index in [0.717, 1.165) is 10.9 Å². The molecule has 0 radical (unpaired) electrons. The summed E-state index contributed by atoms with van der Waals surface area (Å²) in [6.45, 7) is 1.57. The van der Waals surface area contributed by atoms with E-state index in [0.29, 0.717) is 11.1 Å². The van der Waals surface area contributed by atoms with Gasteiger partial charge in [0.1, 0.15) is 18.4 Å². The molecule has 0 saturated carbocycles. The third-order valence-corrected chi connectivity index (χ3v) is 7.19. The smallest absolute Gasteiger partial charge is 0.460 e. The average Bonchev–Trinajstić information content (AvgIpc) is 2.86. The molecule has 0 aliphatic heterocycles. The van der Waals surface area contributed by atoms with E-state index in [1.54, 1.807) is 30.3 Å². The molecule has 1 N–H and O–H groups in total. The first kappa shape index (κ1) is 25.1. The van der Waals surface area contributed by atoms with Crippen LogP contribution in [0.4, 0.5) is 0 Å². The number of carbonyl (C=O) groups excluding carboxylic acids is 1. The predicted octanol–water partition coefficient (Wildman–Crippen LogP) is 7.43. The van der Waals surface area contributed by atoms with Crippen molar-refractivity contribution in [3.8, 4) is 11.5 Å². The molecule has 0 heterocycles. The van der Waals surface area contributed by atoms with Crippen molar-refractivity contribution in [2.75, 3.05) is 0 Å². The zero-order valence-corrected chi connectivity index (χ0v) is 21.1. The SMILES string of the molecule is C[C@H](NP(=O)(Oc1c(Cl)cccc1Cl)Oc1cccc2ccccc12)C(=O)OCc1ccccc1. The molecule has 0 saturated heterocycles. The summed E-state index contributed by atoms with van der Waals surface area (Å²) in [5.74, 6) is -0.367. The number of carbonyl (C=O) groups is 1. The standard InChI is InChI=1S/C26H22Cl2NO5P/c1-18(26(30)32-17-19-9-3-2-4-10-19)29-35(31,34-25-22(27)14-8-15-23(25)28)33-24-16-7-12-20-11-5-6-13-21(20)24/h2-16,18H,17H2,1H3,(H,29,31)/t18-,35?/m0/s1. The summed E-state index contributed by atoms with van der Waals surface area (Å²) in [6, 6.07) is 25.7. The number of esters is 1. The summed E-state index contributed by atoms with van der Waals surface area (Å²) in [4.78, 5) is 12.7. The van der Waals surface area contributed by atoms with E-state index in [4.69, 9.17) is 37.0 Å². The first-order valence-electron chi connectivity index (χ1n) is 10.7.